The summed E-state index contributed by atoms with van der Waals surface area (Å²) in [5.41, 5.74) is 3.91. The van der Waals surface area contributed by atoms with Gasteiger partial charge in [0.25, 0.3) is 11.7 Å². The van der Waals surface area contributed by atoms with Gasteiger partial charge < -0.3 is 10.0 Å². The SMILES string of the molecule is CCCN1C(=O)C(=O)/C(=C(\O)c2ccc(CC)cc2)C1c1ccc(C(C)C)cc1. The molecule has 1 heterocycles. The molecule has 1 aliphatic heterocycles. The first-order valence-corrected chi connectivity index (χ1v) is 10.4. The molecule has 0 bridgehead atoms. The maximum atomic E-state index is 12.9. The van der Waals surface area contributed by atoms with Crippen LogP contribution in [-0.2, 0) is 16.0 Å². The lowest BCUT2D eigenvalue weighted by atomic mass is 9.93. The summed E-state index contributed by atoms with van der Waals surface area (Å²) in [7, 11) is 0. The highest BCUT2D eigenvalue weighted by Crippen LogP contribution is 2.39. The topological polar surface area (TPSA) is 57.6 Å². The van der Waals surface area contributed by atoms with Crippen molar-refractivity contribution in [3.8, 4) is 0 Å². The smallest absolute Gasteiger partial charge is 0.295 e. The van der Waals surface area contributed by atoms with Gasteiger partial charge in [-0.25, -0.2) is 0 Å². The number of rotatable bonds is 6. The molecule has 1 atom stereocenters. The van der Waals surface area contributed by atoms with Gasteiger partial charge in [0, 0.05) is 12.1 Å². The quantitative estimate of drug-likeness (QED) is 0.418. The van der Waals surface area contributed by atoms with Gasteiger partial charge in [0.05, 0.1) is 11.6 Å². The van der Waals surface area contributed by atoms with Gasteiger partial charge in [-0.05, 0) is 35.4 Å². The zero-order valence-corrected chi connectivity index (χ0v) is 17.6. The van der Waals surface area contributed by atoms with Crippen molar-refractivity contribution in [1.29, 1.82) is 0 Å². The van der Waals surface area contributed by atoms with Gasteiger partial charge in [-0.2, -0.15) is 0 Å². The first-order chi connectivity index (χ1) is 13.9. The minimum atomic E-state index is -0.617. The monoisotopic (exact) mass is 391 g/mol. The van der Waals surface area contributed by atoms with Gasteiger partial charge in [-0.15, -0.1) is 0 Å². The third kappa shape index (κ3) is 3.98. The van der Waals surface area contributed by atoms with E-state index in [1.54, 1.807) is 17.0 Å². The van der Waals surface area contributed by atoms with E-state index >= 15 is 0 Å². The van der Waals surface area contributed by atoms with Crippen molar-refractivity contribution in [2.45, 2.75) is 52.5 Å². The van der Waals surface area contributed by atoms with Gasteiger partial charge in [0.15, 0.2) is 0 Å². The molecule has 1 saturated heterocycles. The lowest BCUT2D eigenvalue weighted by Crippen LogP contribution is -2.30. The molecule has 0 radical (unpaired) electrons. The number of aliphatic hydroxyl groups excluding tert-OH is 1. The molecule has 2 aromatic rings. The fourth-order valence-corrected chi connectivity index (χ4v) is 3.82. The summed E-state index contributed by atoms with van der Waals surface area (Å²) >= 11 is 0. The summed E-state index contributed by atoms with van der Waals surface area (Å²) in [4.78, 5) is 27.2. The van der Waals surface area contributed by atoms with E-state index in [0.717, 1.165) is 24.0 Å². The van der Waals surface area contributed by atoms with Crippen LogP contribution < -0.4 is 0 Å². The number of aryl methyl sites for hydroxylation is 1. The second kappa shape index (κ2) is 8.64. The number of Topliss-reactive ketones (excluding diaryl/α,β-unsaturated/α-hetero) is 1. The Morgan fingerprint density at radius 2 is 1.62 bits per heavy atom. The Balaban J connectivity index is 2.12. The van der Waals surface area contributed by atoms with Crippen molar-refractivity contribution in [3.63, 3.8) is 0 Å². The number of likely N-dealkylation sites (tertiary alicyclic amines) is 1. The van der Waals surface area contributed by atoms with E-state index in [0.29, 0.717) is 18.0 Å². The third-order valence-corrected chi connectivity index (χ3v) is 5.56. The Labute approximate surface area is 172 Å². The van der Waals surface area contributed by atoms with Crippen LogP contribution in [0, 0.1) is 0 Å². The molecule has 3 rings (SSSR count). The van der Waals surface area contributed by atoms with Crippen LogP contribution in [0.15, 0.2) is 54.1 Å². The van der Waals surface area contributed by atoms with E-state index in [2.05, 4.69) is 20.8 Å². The van der Waals surface area contributed by atoms with Gasteiger partial charge in [0.1, 0.15) is 5.76 Å². The van der Waals surface area contributed by atoms with E-state index in [4.69, 9.17) is 0 Å². The first kappa shape index (κ1) is 20.8. The van der Waals surface area contributed by atoms with Crippen molar-refractivity contribution in [2.24, 2.45) is 0 Å². The summed E-state index contributed by atoms with van der Waals surface area (Å²) in [6, 6.07) is 14.9. The van der Waals surface area contributed by atoms with Crippen molar-refractivity contribution in [1.82, 2.24) is 4.90 Å². The maximum Gasteiger partial charge on any atom is 0.295 e. The highest BCUT2D eigenvalue weighted by Gasteiger charge is 2.45. The lowest BCUT2D eigenvalue weighted by molar-refractivity contribution is -0.139. The Bertz CT molecular complexity index is 924. The van der Waals surface area contributed by atoms with Crippen LogP contribution in [0.1, 0.15) is 68.3 Å². The van der Waals surface area contributed by atoms with E-state index in [-0.39, 0.29) is 11.3 Å². The number of hydrogen-bond acceptors (Lipinski definition) is 3. The third-order valence-electron chi connectivity index (χ3n) is 5.56. The lowest BCUT2D eigenvalue weighted by Gasteiger charge is -2.25. The van der Waals surface area contributed by atoms with Crippen LogP contribution in [0.3, 0.4) is 0 Å². The Morgan fingerprint density at radius 3 is 2.14 bits per heavy atom. The molecule has 0 spiro atoms. The molecular formula is C25H29NO3. The highest BCUT2D eigenvalue weighted by molar-refractivity contribution is 6.46. The number of carbonyl (C=O) groups is 2. The number of amides is 1. The number of carbonyl (C=O) groups excluding carboxylic acids is 2. The molecule has 1 unspecified atom stereocenters. The van der Waals surface area contributed by atoms with Crippen LogP contribution in [0.5, 0.6) is 0 Å². The molecular weight excluding hydrogens is 362 g/mol. The van der Waals surface area contributed by atoms with Gasteiger partial charge in [-0.1, -0.05) is 76.2 Å². The number of aliphatic hydroxyl groups is 1. The summed E-state index contributed by atoms with van der Waals surface area (Å²) in [6.07, 6.45) is 1.63. The molecule has 152 valence electrons. The van der Waals surface area contributed by atoms with Crippen LogP contribution >= 0.6 is 0 Å². The number of hydrogen-bond donors (Lipinski definition) is 1. The average molecular weight is 392 g/mol. The molecule has 4 heteroatoms. The number of ketones is 1. The molecule has 1 amide bonds. The number of nitrogens with zero attached hydrogens (tertiary/aromatic N) is 1. The van der Waals surface area contributed by atoms with E-state index in [1.807, 2.05) is 43.3 Å². The minimum Gasteiger partial charge on any atom is -0.507 e. The molecule has 1 fully saturated rings. The van der Waals surface area contributed by atoms with Gasteiger partial charge >= 0.3 is 0 Å². The minimum absolute atomic E-state index is 0.109. The van der Waals surface area contributed by atoms with Crippen molar-refractivity contribution >= 4 is 17.4 Å². The Hall–Kier alpha value is -2.88. The second-order valence-corrected chi connectivity index (χ2v) is 7.86. The van der Waals surface area contributed by atoms with E-state index < -0.39 is 17.7 Å². The van der Waals surface area contributed by atoms with Crippen molar-refractivity contribution in [2.75, 3.05) is 6.54 Å². The van der Waals surface area contributed by atoms with Crippen LogP contribution in [0.25, 0.3) is 5.76 Å². The van der Waals surface area contributed by atoms with Crippen molar-refractivity contribution < 1.29 is 14.7 Å². The molecule has 4 nitrogen and oxygen atoms in total. The molecule has 2 aromatic carbocycles. The average Bonchev–Trinajstić information content (AvgIpc) is 2.98. The highest BCUT2D eigenvalue weighted by atomic mass is 16.3. The van der Waals surface area contributed by atoms with Crippen LogP contribution in [0.2, 0.25) is 0 Å². The molecule has 0 saturated carbocycles. The fraction of sp³-hybridized carbons (Fsp3) is 0.360. The largest absolute Gasteiger partial charge is 0.507 e. The van der Waals surface area contributed by atoms with Crippen LogP contribution in [-0.4, -0.2) is 28.2 Å². The molecule has 1 aliphatic rings. The summed E-state index contributed by atoms with van der Waals surface area (Å²) in [5, 5.41) is 11.0. The fourth-order valence-electron chi connectivity index (χ4n) is 3.82. The van der Waals surface area contributed by atoms with E-state index in [9.17, 15) is 14.7 Å². The molecule has 29 heavy (non-hydrogen) atoms. The Kier molecular flexibility index (Phi) is 6.21. The standard InChI is InChI=1S/C25H29NO3/c1-5-15-26-22(19-13-11-18(12-14-19)16(3)4)21(24(28)25(26)29)23(27)20-9-7-17(6-2)8-10-20/h7-14,16,22,27H,5-6,15H2,1-4H3/b23-21-. The van der Waals surface area contributed by atoms with E-state index in [1.165, 1.54) is 5.56 Å². The van der Waals surface area contributed by atoms with Crippen molar-refractivity contribution in [3.05, 3.63) is 76.4 Å². The van der Waals surface area contributed by atoms with Gasteiger partial charge in [0.2, 0.25) is 0 Å². The summed E-state index contributed by atoms with van der Waals surface area (Å²) in [6.45, 7) is 8.75. The molecule has 0 aromatic heterocycles. The normalized spacial score (nSPS) is 18.7. The van der Waals surface area contributed by atoms with Crippen LogP contribution in [0.4, 0.5) is 0 Å². The van der Waals surface area contributed by atoms with Gasteiger partial charge in [-0.3, -0.25) is 9.59 Å². The molecule has 1 N–H and O–H groups in total. The predicted molar refractivity (Wildman–Crippen MR) is 116 cm³/mol. The summed E-state index contributed by atoms with van der Waals surface area (Å²) in [5.74, 6) is -0.879. The second-order valence-electron chi connectivity index (χ2n) is 7.86. The Morgan fingerprint density at radius 1 is 1.00 bits per heavy atom. The predicted octanol–water partition coefficient (Wildman–Crippen LogP) is 5.20. The molecule has 0 aliphatic carbocycles. The zero-order chi connectivity index (χ0) is 21.1. The first-order valence-electron chi connectivity index (χ1n) is 10.4. The number of benzene rings is 2. The maximum absolute atomic E-state index is 12.9. The zero-order valence-electron chi connectivity index (χ0n) is 17.6. The summed E-state index contributed by atoms with van der Waals surface area (Å²) < 4.78 is 0.